The molecule has 15 nitrogen and oxygen atoms in total. The normalized spacial score (nSPS) is 14.1. The Labute approximate surface area is 298 Å². The van der Waals surface area contributed by atoms with E-state index in [1.165, 1.54) is 21.5 Å². The highest BCUT2D eigenvalue weighted by molar-refractivity contribution is 6.01. The summed E-state index contributed by atoms with van der Waals surface area (Å²) in [5, 5.41) is 14.2. The number of unbranched alkanes of at least 4 members (excludes halogenated alkanes) is 1. The summed E-state index contributed by atoms with van der Waals surface area (Å²) in [5.74, 6) is 0.159. The number of carbonyl (C=O) groups is 4. The number of hydrogen-bond acceptors (Lipinski definition) is 10. The standard InChI is InChI=1S/C37H39N9O6/c1-38-35(49)24-21-41-32(19-26(24)42-25-9-4-5-10-30(25)52-3)43-31-15-12-23(20-40-31)34(48)39-17-7-6-8-22-11-13-27-29(18-22)45(2)37(51)46(27)28-14-16-33(47)44-36(28)50/h4-5,9-13,15,18-21,28H,6-8,14,16-17H2,1-3H3,(H,38,49)(H,39,48)(H,44,47,50)(H2,40,41,42,43). The lowest BCUT2D eigenvalue weighted by Crippen LogP contribution is -2.44. The Hall–Kier alpha value is -6.51. The van der Waals surface area contributed by atoms with Crippen LogP contribution in [0.25, 0.3) is 11.0 Å². The first-order valence-electron chi connectivity index (χ1n) is 16.8. The van der Waals surface area contributed by atoms with Gasteiger partial charge in [-0.3, -0.25) is 33.6 Å². The number of hydrogen-bond donors (Lipinski definition) is 5. The van der Waals surface area contributed by atoms with E-state index in [-0.39, 0.29) is 36.3 Å². The summed E-state index contributed by atoms with van der Waals surface area (Å²) in [6.45, 7) is 0.467. The van der Waals surface area contributed by atoms with Crippen LogP contribution in [0.5, 0.6) is 5.75 Å². The van der Waals surface area contributed by atoms with Crippen LogP contribution in [0.2, 0.25) is 0 Å². The van der Waals surface area contributed by atoms with Crippen LogP contribution < -0.4 is 37.0 Å². The molecule has 0 aliphatic carbocycles. The van der Waals surface area contributed by atoms with Crippen molar-refractivity contribution in [2.75, 3.05) is 31.3 Å². The predicted octanol–water partition coefficient (Wildman–Crippen LogP) is 3.72. The van der Waals surface area contributed by atoms with E-state index in [1.54, 1.807) is 39.4 Å². The van der Waals surface area contributed by atoms with Gasteiger partial charge in [0.25, 0.3) is 11.8 Å². The topological polar surface area (TPSA) is 190 Å². The highest BCUT2D eigenvalue weighted by Gasteiger charge is 2.31. The first-order valence-corrected chi connectivity index (χ1v) is 16.8. The zero-order chi connectivity index (χ0) is 36.8. The number of aryl methyl sites for hydroxylation is 2. The van der Waals surface area contributed by atoms with Crippen molar-refractivity contribution >= 4 is 57.7 Å². The fourth-order valence-corrected chi connectivity index (χ4v) is 6.12. The number of ether oxygens (including phenoxy) is 1. The molecule has 1 fully saturated rings. The van der Waals surface area contributed by atoms with E-state index in [0.717, 1.165) is 24.8 Å². The molecule has 3 aromatic heterocycles. The molecule has 268 valence electrons. The smallest absolute Gasteiger partial charge is 0.329 e. The van der Waals surface area contributed by atoms with Crippen molar-refractivity contribution in [3.8, 4) is 5.75 Å². The van der Waals surface area contributed by atoms with Gasteiger partial charge in [-0.05, 0) is 67.6 Å². The van der Waals surface area contributed by atoms with Gasteiger partial charge in [0.15, 0.2) is 0 Å². The number of pyridine rings is 2. The Morgan fingerprint density at radius 2 is 1.71 bits per heavy atom. The minimum absolute atomic E-state index is 0.188. The lowest BCUT2D eigenvalue weighted by Gasteiger charge is -2.21. The molecule has 1 unspecified atom stereocenters. The summed E-state index contributed by atoms with van der Waals surface area (Å²) in [6.07, 6.45) is 5.68. The molecule has 0 saturated carbocycles. The average Bonchev–Trinajstić information content (AvgIpc) is 3.39. The lowest BCUT2D eigenvalue weighted by molar-refractivity contribution is -0.135. The molecule has 1 saturated heterocycles. The van der Waals surface area contributed by atoms with Gasteiger partial charge in [-0.15, -0.1) is 0 Å². The van der Waals surface area contributed by atoms with Crippen molar-refractivity contribution in [1.29, 1.82) is 0 Å². The van der Waals surface area contributed by atoms with E-state index in [2.05, 4.69) is 36.6 Å². The number of benzene rings is 2. The summed E-state index contributed by atoms with van der Waals surface area (Å²) in [5.41, 5.74) is 4.01. The lowest BCUT2D eigenvalue weighted by atomic mass is 10.0. The Balaban J connectivity index is 1.02. The van der Waals surface area contributed by atoms with Gasteiger partial charge in [0.05, 0.1) is 40.6 Å². The van der Waals surface area contributed by atoms with Gasteiger partial charge in [0.1, 0.15) is 23.4 Å². The summed E-state index contributed by atoms with van der Waals surface area (Å²) < 4.78 is 8.42. The SMILES string of the molecule is CNC(=O)c1cnc(Nc2ccc(C(=O)NCCCCc3ccc4c(c3)n(C)c(=O)n4C3CCC(=O)NC3=O)cn2)cc1Nc1ccccc1OC. The summed E-state index contributed by atoms with van der Waals surface area (Å²) in [4.78, 5) is 71.2. The van der Waals surface area contributed by atoms with Crippen LogP contribution >= 0.6 is 0 Å². The maximum absolute atomic E-state index is 13.0. The van der Waals surface area contributed by atoms with E-state index in [4.69, 9.17) is 4.74 Å². The van der Waals surface area contributed by atoms with Crippen molar-refractivity contribution in [3.05, 3.63) is 100 Å². The molecule has 0 radical (unpaired) electrons. The van der Waals surface area contributed by atoms with Crippen LogP contribution in [-0.4, -0.2) is 63.4 Å². The molecule has 0 spiro atoms. The van der Waals surface area contributed by atoms with Crippen molar-refractivity contribution in [2.45, 2.75) is 38.1 Å². The van der Waals surface area contributed by atoms with Gasteiger partial charge in [-0.2, -0.15) is 0 Å². The molecule has 1 atom stereocenters. The second-order valence-electron chi connectivity index (χ2n) is 12.3. The highest BCUT2D eigenvalue weighted by Crippen LogP contribution is 2.30. The zero-order valence-corrected chi connectivity index (χ0v) is 29.0. The van der Waals surface area contributed by atoms with E-state index < -0.39 is 11.9 Å². The minimum atomic E-state index is -0.724. The fourth-order valence-electron chi connectivity index (χ4n) is 6.12. The Morgan fingerprint density at radius 3 is 2.46 bits per heavy atom. The van der Waals surface area contributed by atoms with Crippen LogP contribution in [0.15, 0.2) is 77.9 Å². The number of methoxy groups -OCH3 is 1. The molecule has 2 aromatic carbocycles. The summed E-state index contributed by atoms with van der Waals surface area (Å²) in [7, 11) is 4.79. The first-order chi connectivity index (χ1) is 25.2. The van der Waals surface area contributed by atoms with Gasteiger partial charge in [-0.1, -0.05) is 18.2 Å². The van der Waals surface area contributed by atoms with Crippen LogP contribution in [0.4, 0.5) is 23.0 Å². The van der Waals surface area contributed by atoms with Crippen LogP contribution in [-0.2, 0) is 23.1 Å². The second-order valence-corrected chi connectivity index (χ2v) is 12.3. The number of carbonyl (C=O) groups excluding carboxylic acids is 4. The van der Waals surface area contributed by atoms with E-state index in [0.29, 0.717) is 57.5 Å². The predicted molar refractivity (Wildman–Crippen MR) is 195 cm³/mol. The zero-order valence-electron chi connectivity index (χ0n) is 29.0. The number of para-hydroxylation sites is 2. The molecular weight excluding hydrogens is 666 g/mol. The molecular formula is C37H39N9O6. The third-order valence-corrected chi connectivity index (χ3v) is 8.89. The quantitative estimate of drug-likeness (QED) is 0.0892. The van der Waals surface area contributed by atoms with E-state index in [9.17, 15) is 24.0 Å². The third kappa shape index (κ3) is 7.62. The van der Waals surface area contributed by atoms with Crippen LogP contribution in [0, 0.1) is 0 Å². The molecule has 1 aliphatic heterocycles. The van der Waals surface area contributed by atoms with Gasteiger partial charge >= 0.3 is 5.69 Å². The van der Waals surface area contributed by atoms with Gasteiger partial charge in [0, 0.05) is 45.5 Å². The minimum Gasteiger partial charge on any atom is -0.495 e. The van der Waals surface area contributed by atoms with Crippen molar-refractivity contribution in [1.82, 2.24) is 35.1 Å². The number of amides is 4. The average molecular weight is 706 g/mol. The monoisotopic (exact) mass is 705 g/mol. The summed E-state index contributed by atoms with van der Waals surface area (Å²) >= 11 is 0. The number of nitrogens with one attached hydrogen (secondary N) is 5. The Morgan fingerprint density at radius 1 is 0.904 bits per heavy atom. The number of piperidine rings is 1. The number of imidazole rings is 1. The number of fused-ring (bicyclic) bond motifs is 1. The number of anilines is 4. The molecule has 5 aromatic rings. The number of nitrogens with zero attached hydrogens (tertiary/aromatic N) is 4. The van der Waals surface area contributed by atoms with Crippen LogP contribution in [0.1, 0.15) is 58.0 Å². The molecule has 15 heteroatoms. The maximum Gasteiger partial charge on any atom is 0.329 e. The molecule has 4 amide bonds. The summed E-state index contributed by atoms with van der Waals surface area (Å²) in [6, 6.07) is 17.4. The van der Waals surface area contributed by atoms with E-state index in [1.807, 2.05) is 42.5 Å². The fraction of sp³-hybridized carbons (Fsp3) is 0.270. The number of imide groups is 1. The van der Waals surface area contributed by atoms with Gasteiger partial charge in [-0.25, -0.2) is 14.8 Å². The van der Waals surface area contributed by atoms with Gasteiger partial charge < -0.3 is 26.0 Å². The largest absolute Gasteiger partial charge is 0.495 e. The number of rotatable bonds is 13. The van der Waals surface area contributed by atoms with Gasteiger partial charge in [0.2, 0.25) is 11.8 Å². The first kappa shape index (κ1) is 35.3. The molecule has 0 bridgehead atoms. The molecule has 5 N–H and O–H groups in total. The molecule has 1 aliphatic rings. The van der Waals surface area contributed by atoms with Crippen molar-refractivity contribution in [2.24, 2.45) is 7.05 Å². The van der Waals surface area contributed by atoms with Crippen molar-refractivity contribution in [3.63, 3.8) is 0 Å². The van der Waals surface area contributed by atoms with Crippen LogP contribution in [0.3, 0.4) is 0 Å². The maximum atomic E-state index is 13.0. The third-order valence-electron chi connectivity index (χ3n) is 8.89. The van der Waals surface area contributed by atoms with E-state index >= 15 is 0 Å². The Bertz CT molecular complexity index is 2210. The second kappa shape index (κ2) is 15.6. The van der Waals surface area contributed by atoms with Crippen molar-refractivity contribution < 1.29 is 23.9 Å². The molecule has 4 heterocycles. The highest BCUT2D eigenvalue weighted by atomic mass is 16.5. The Kier molecular flexibility index (Phi) is 10.6. The molecule has 52 heavy (non-hydrogen) atoms. The number of aromatic nitrogens is 4. The molecule has 6 rings (SSSR count).